The molecule has 0 aliphatic carbocycles. The van der Waals surface area contributed by atoms with E-state index in [0.29, 0.717) is 17.8 Å². The number of aryl methyl sites for hydroxylation is 1. The number of aromatic nitrogens is 2. The van der Waals surface area contributed by atoms with Crippen LogP contribution in [0.1, 0.15) is 57.6 Å². The van der Waals surface area contributed by atoms with Crippen LogP contribution in [0.2, 0.25) is 0 Å². The van der Waals surface area contributed by atoms with E-state index in [2.05, 4.69) is 53.8 Å². The molecule has 0 aliphatic heterocycles. The van der Waals surface area contributed by atoms with Gasteiger partial charge in [0.15, 0.2) is 0 Å². The van der Waals surface area contributed by atoms with Crippen molar-refractivity contribution >= 4 is 5.82 Å². The first-order valence-corrected chi connectivity index (χ1v) is 6.97. The highest BCUT2D eigenvalue weighted by atomic mass is 15.0. The van der Waals surface area contributed by atoms with Crippen molar-refractivity contribution < 1.29 is 0 Å². The van der Waals surface area contributed by atoms with Crippen LogP contribution in [0.5, 0.6) is 0 Å². The van der Waals surface area contributed by atoms with Crippen LogP contribution in [0.15, 0.2) is 0 Å². The Morgan fingerprint density at radius 2 is 1.56 bits per heavy atom. The molecule has 18 heavy (non-hydrogen) atoms. The highest BCUT2D eigenvalue weighted by molar-refractivity contribution is 5.45. The molecule has 1 heterocycles. The summed E-state index contributed by atoms with van der Waals surface area (Å²) in [6, 6.07) is 0. The van der Waals surface area contributed by atoms with Crippen molar-refractivity contribution in [2.75, 3.05) is 11.9 Å². The van der Waals surface area contributed by atoms with Gasteiger partial charge >= 0.3 is 0 Å². The van der Waals surface area contributed by atoms with Gasteiger partial charge in [0.2, 0.25) is 0 Å². The van der Waals surface area contributed by atoms with Crippen LogP contribution in [-0.4, -0.2) is 16.5 Å². The third-order valence-corrected chi connectivity index (χ3v) is 3.49. The second-order valence-corrected chi connectivity index (χ2v) is 5.68. The smallest absolute Gasteiger partial charge is 0.134 e. The lowest BCUT2D eigenvalue weighted by atomic mass is 9.85. The van der Waals surface area contributed by atoms with Crippen LogP contribution >= 0.6 is 0 Å². The van der Waals surface area contributed by atoms with Crippen LogP contribution in [0.3, 0.4) is 0 Å². The van der Waals surface area contributed by atoms with Crippen LogP contribution in [0.4, 0.5) is 5.82 Å². The number of hydrogen-bond donors (Lipinski definition) is 1. The van der Waals surface area contributed by atoms with E-state index < -0.39 is 0 Å². The summed E-state index contributed by atoms with van der Waals surface area (Å²) in [7, 11) is 0. The van der Waals surface area contributed by atoms with Gasteiger partial charge in [-0.1, -0.05) is 27.7 Å². The molecule has 0 atom stereocenters. The Morgan fingerprint density at radius 1 is 1.00 bits per heavy atom. The zero-order chi connectivity index (χ0) is 13.9. The van der Waals surface area contributed by atoms with E-state index in [4.69, 9.17) is 9.97 Å². The first kappa shape index (κ1) is 14.9. The average molecular weight is 249 g/mol. The average Bonchev–Trinajstić information content (AvgIpc) is 2.24. The van der Waals surface area contributed by atoms with Gasteiger partial charge in [-0.3, -0.25) is 0 Å². The molecular weight excluding hydrogens is 222 g/mol. The fourth-order valence-electron chi connectivity index (χ4n) is 2.51. The summed E-state index contributed by atoms with van der Waals surface area (Å²) in [6.07, 6.45) is 0. The SMILES string of the molecule is CCNc1nc(C(C(C)C)C(C)C)nc(C)c1C. The van der Waals surface area contributed by atoms with Crippen molar-refractivity contribution in [1.82, 2.24) is 9.97 Å². The third-order valence-electron chi connectivity index (χ3n) is 3.49. The molecule has 0 fully saturated rings. The van der Waals surface area contributed by atoms with Crippen LogP contribution in [0.25, 0.3) is 0 Å². The maximum Gasteiger partial charge on any atom is 0.134 e. The van der Waals surface area contributed by atoms with Gasteiger partial charge in [-0.2, -0.15) is 0 Å². The van der Waals surface area contributed by atoms with Crippen LogP contribution in [0, 0.1) is 25.7 Å². The summed E-state index contributed by atoms with van der Waals surface area (Å²) in [4.78, 5) is 9.45. The Kier molecular flexibility index (Phi) is 5.12. The van der Waals surface area contributed by atoms with Gasteiger partial charge in [-0.15, -0.1) is 0 Å². The monoisotopic (exact) mass is 249 g/mol. The minimum atomic E-state index is 0.418. The molecule has 1 rings (SSSR count). The topological polar surface area (TPSA) is 37.8 Å². The predicted molar refractivity (Wildman–Crippen MR) is 78.1 cm³/mol. The highest BCUT2D eigenvalue weighted by Crippen LogP contribution is 2.31. The van der Waals surface area contributed by atoms with Gasteiger partial charge in [-0.05, 0) is 32.6 Å². The first-order valence-electron chi connectivity index (χ1n) is 6.97. The summed E-state index contributed by atoms with van der Waals surface area (Å²) < 4.78 is 0. The maximum absolute atomic E-state index is 4.74. The molecule has 0 spiro atoms. The molecule has 0 aliphatic rings. The molecule has 0 saturated heterocycles. The van der Waals surface area contributed by atoms with Crippen molar-refractivity contribution in [2.24, 2.45) is 11.8 Å². The normalized spacial score (nSPS) is 11.7. The van der Waals surface area contributed by atoms with E-state index in [-0.39, 0.29) is 0 Å². The van der Waals surface area contributed by atoms with Crippen LogP contribution < -0.4 is 5.32 Å². The molecule has 3 nitrogen and oxygen atoms in total. The molecule has 1 aromatic heterocycles. The van der Waals surface area contributed by atoms with Gasteiger partial charge in [0.1, 0.15) is 11.6 Å². The number of anilines is 1. The first-order chi connectivity index (χ1) is 8.38. The fourth-order valence-corrected chi connectivity index (χ4v) is 2.51. The van der Waals surface area contributed by atoms with Gasteiger partial charge in [0.05, 0.1) is 0 Å². The maximum atomic E-state index is 4.74. The van der Waals surface area contributed by atoms with Gasteiger partial charge < -0.3 is 5.32 Å². The zero-order valence-electron chi connectivity index (χ0n) is 12.8. The molecule has 1 N–H and O–H groups in total. The third kappa shape index (κ3) is 3.21. The van der Waals surface area contributed by atoms with E-state index in [9.17, 15) is 0 Å². The molecule has 1 aromatic rings. The minimum Gasteiger partial charge on any atom is -0.370 e. The van der Waals surface area contributed by atoms with Crippen molar-refractivity contribution in [3.63, 3.8) is 0 Å². The second kappa shape index (κ2) is 6.17. The van der Waals surface area contributed by atoms with Gasteiger partial charge in [0, 0.05) is 23.7 Å². The summed E-state index contributed by atoms with van der Waals surface area (Å²) in [5.41, 5.74) is 2.24. The van der Waals surface area contributed by atoms with Crippen molar-refractivity contribution in [1.29, 1.82) is 0 Å². The Balaban J connectivity index is 3.23. The largest absolute Gasteiger partial charge is 0.370 e. The summed E-state index contributed by atoms with van der Waals surface area (Å²) in [5, 5.41) is 3.34. The van der Waals surface area contributed by atoms with E-state index in [1.165, 1.54) is 0 Å². The fraction of sp³-hybridized carbons (Fsp3) is 0.733. The van der Waals surface area contributed by atoms with E-state index in [0.717, 1.165) is 29.4 Å². The van der Waals surface area contributed by atoms with E-state index in [1.54, 1.807) is 0 Å². The molecule has 0 bridgehead atoms. The number of nitrogens with one attached hydrogen (secondary N) is 1. The standard InChI is InChI=1S/C15H27N3/c1-8-16-14-11(6)12(7)17-15(18-14)13(9(2)3)10(4)5/h9-10,13H,8H2,1-7H3,(H,16,17,18). The minimum absolute atomic E-state index is 0.418. The molecule has 0 amide bonds. The number of nitrogens with zero attached hydrogens (tertiary/aromatic N) is 2. The summed E-state index contributed by atoms with van der Waals surface area (Å²) in [5.74, 6) is 3.51. The number of hydrogen-bond acceptors (Lipinski definition) is 3. The predicted octanol–water partition coefficient (Wildman–Crippen LogP) is 3.92. The van der Waals surface area contributed by atoms with Gasteiger partial charge in [0.25, 0.3) is 0 Å². The van der Waals surface area contributed by atoms with E-state index in [1.807, 2.05) is 0 Å². The van der Waals surface area contributed by atoms with Crippen molar-refractivity contribution in [3.8, 4) is 0 Å². The summed E-state index contributed by atoms with van der Waals surface area (Å²) in [6.45, 7) is 16.1. The summed E-state index contributed by atoms with van der Waals surface area (Å²) >= 11 is 0. The Hall–Kier alpha value is -1.12. The van der Waals surface area contributed by atoms with Crippen LogP contribution in [-0.2, 0) is 0 Å². The number of rotatable bonds is 5. The Labute approximate surface area is 111 Å². The zero-order valence-corrected chi connectivity index (χ0v) is 12.8. The molecule has 0 saturated carbocycles. The lowest BCUT2D eigenvalue weighted by molar-refractivity contribution is 0.370. The molecule has 0 unspecified atom stereocenters. The molecule has 0 aromatic carbocycles. The second-order valence-electron chi connectivity index (χ2n) is 5.68. The molecular formula is C15H27N3. The molecule has 3 heteroatoms. The molecule has 102 valence electrons. The van der Waals surface area contributed by atoms with Gasteiger partial charge in [-0.25, -0.2) is 9.97 Å². The van der Waals surface area contributed by atoms with Crippen molar-refractivity contribution in [2.45, 2.75) is 54.4 Å². The van der Waals surface area contributed by atoms with Crippen molar-refractivity contribution in [3.05, 3.63) is 17.1 Å². The lowest BCUT2D eigenvalue weighted by Gasteiger charge is -2.24. The Morgan fingerprint density at radius 3 is 2.00 bits per heavy atom. The lowest BCUT2D eigenvalue weighted by Crippen LogP contribution is -2.19. The molecule has 0 radical (unpaired) electrons. The van der Waals surface area contributed by atoms with E-state index >= 15 is 0 Å². The Bertz CT molecular complexity index is 389. The highest BCUT2D eigenvalue weighted by Gasteiger charge is 2.23. The quantitative estimate of drug-likeness (QED) is 0.859.